The first kappa shape index (κ1) is 11.9. The summed E-state index contributed by atoms with van der Waals surface area (Å²) < 4.78 is 0. The number of nitrogens with zero attached hydrogens (tertiary/aromatic N) is 2. The molecule has 0 bridgehead atoms. The van der Waals surface area contributed by atoms with Gasteiger partial charge < -0.3 is 9.80 Å². The summed E-state index contributed by atoms with van der Waals surface area (Å²) in [5, 5.41) is 0. The van der Waals surface area contributed by atoms with Crippen molar-refractivity contribution in [2.24, 2.45) is 5.41 Å². The second-order valence-electron chi connectivity index (χ2n) is 5.74. The van der Waals surface area contributed by atoms with Crippen molar-refractivity contribution in [3.8, 4) is 0 Å². The Labute approximate surface area is 102 Å². The van der Waals surface area contributed by atoms with Crippen LogP contribution in [0, 0.1) is 5.41 Å². The van der Waals surface area contributed by atoms with E-state index in [1.54, 1.807) is 0 Å². The van der Waals surface area contributed by atoms with Crippen LogP contribution in [0.4, 0.5) is 0 Å². The quantitative estimate of drug-likeness (QED) is 0.728. The van der Waals surface area contributed by atoms with Crippen molar-refractivity contribution in [1.29, 1.82) is 0 Å². The molecule has 0 N–H and O–H groups in total. The van der Waals surface area contributed by atoms with Gasteiger partial charge in [-0.3, -0.25) is 0 Å². The molecule has 88 valence electrons. The summed E-state index contributed by atoms with van der Waals surface area (Å²) in [6.45, 7) is 12.4. The lowest BCUT2D eigenvalue weighted by molar-refractivity contribution is 0.239. The topological polar surface area (TPSA) is 6.48 Å². The molecule has 0 aliphatic carbocycles. The van der Waals surface area contributed by atoms with Crippen LogP contribution in [0.1, 0.15) is 26.7 Å². The first-order chi connectivity index (χ1) is 7.08. The molecular weight excluding hydrogens is 252 g/mol. The van der Waals surface area contributed by atoms with Gasteiger partial charge in [0.05, 0.1) is 0 Å². The van der Waals surface area contributed by atoms with E-state index >= 15 is 0 Å². The predicted molar refractivity (Wildman–Crippen MR) is 68.6 cm³/mol. The van der Waals surface area contributed by atoms with E-state index in [-0.39, 0.29) is 0 Å². The summed E-state index contributed by atoms with van der Waals surface area (Å²) in [4.78, 5) is 5.88. The summed E-state index contributed by atoms with van der Waals surface area (Å²) in [6, 6.07) is 0. The fourth-order valence-electron chi connectivity index (χ4n) is 2.67. The maximum atomic E-state index is 3.80. The largest absolute Gasteiger partial charge is 0.302 e. The Bertz CT molecular complexity index is 212. The molecule has 2 aliphatic heterocycles. The lowest BCUT2D eigenvalue weighted by Crippen LogP contribution is -2.33. The minimum atomic E-state index is 0.449. The minimum Gasteiger partial charge on any atom is -0.302 e. The van der Waals surface area contributed by atoms with E-state index < -0.39 is 0 Å². The molecule has 0 saturated carbocycles. The van der Waals surface area contributed by atoms with Crippen LogP contribution in [0.25, 0.3) is 0 Å². The first-order valence-electron chi connectivity index (χ1n) is 6.17. The molecule has 2 rings (SSSR count). The lowest BCUT2D eigenvalue weighted by Gasteiger charge is -2.23. The van der Waals surface area contributed by atoms with Gasteiger partial charge in [0.2, 0.25) is 0 Å². The zero-order valence-electron chi connectivity index (χ0n) is 10.0. The smallest absolute Gasteiger partial charge is 0.0336 e. The molecule has 2 fully saturated rings. The van der Waals surface area contributed by atoms with Crippen LogP contribution in [-0.2, 0) is 0 Å². The molecule has 2 aliphatic rings. The number of likely N-dealkylation sites (tertiary alicyclic amines) is 2. The van der Waals surface area contributed by atoms with Gasteiger partial charge in [-0.25, -0.2) is 0 Å². The molecule has 2 nitrogen and oxygen atoms in total. The van der Waals surface area contributed by atoms with E-state index in [9.17, 15) is 0 Å². The van der Waals surface area contributed by atoms with E-state index in [2.05, 4.69) is 39.6 Å². The molecule has 15 heavy (non-hydrogen) atoms. The second-order valence-corrected chi connectivity index (χ2v) is 6.85. The SMILES string of the molecule is CC1(C)CN(CCN2CCCC2)CC1Br. The Morgan fingerprint density at radius 3 is 2.27 bits per heavy atom. The van der Waals surface area contributed by atoms with Gasteiger partial charge in [0, 0.05) is 31.0 Å². The van der Waals surface area contributed by atoms with E-state index in [1.807, 2.05) is 0 Å². The third kappa shape index (κ3) is 2.95. The Morgan fingerprint density at radius 1 is 1.13 bits per heavy atom. The molecule has 0 amide bonds. The van der Waals surface area contributed by atoms with Gasteiger partial charge in [0.15, 0.2) is 0 Å². The van der Waals surface area contributed by atoms with Crippen LogP contribution < -0.4 is 0 Å². The average molecular weight is 275 g/mol. The average Bonchev–Trinajstić information content (AvgIpc) is 2.72. The number of halogens is 1. The predicted octanol–water partition coefficient (Wildman–Crippen LogP) is 2.19. The Balaban J connectivity index is 1.72. The highest BCUT2D eigenvalue weighted by atomic mass is 79.9. The van der Waals surface area contributed by atoms with Gasteiger partial charge in [-0.15, -0.1) is 0 Å². The molecule has 1 unspecified atom stereocenters. The molecule has 0 aromatic carbocycles. The van der Waals surface area contributed by atoms with Crippen molar-refractivity contribution in [3.05, 3.63) is 0 Å². The lowest BCUT2D eigenvalue weighted by atomic mass is 9.93. The molecule has 3 heteroatoms. The molecule has 0 spiro atoms. The summed E-state index contributed by atoms with van der Waals surface area (Å²) in [7, 11) is 0. The number of alkyl halides is 1. The highest BCUT2D eigenvalue weighted by molar-refractivity contribution is 9.09. The maximum Gasteiger partial charge on any atom is 0.0336 e. The molecule has 1 atom stereocenters. The fraction of sp³-hybridized carbons (Fsp3) is 1.00. The summed E-state index contributed by atoms with van der Waals surface area (Å²) in [5.41, 5.74) is 0.449. The fourth-order valence-corrected chi connectivity index (χ4v) is 3.23. The Morgan fingerprint density at radius 2 is 1.73 bits per heavy atom. The number of rotatable bonds is 3. The van der Waals surface area contributed by atoms with Crippen molar-refractivity contribution in [1.82, 2.24) is 9.80 Å². The minimum absolute atomic E-state index is 0.449. The molecular formula is C12H23BrN2. The van der Waals surface area contributed by atoms with E-state index in [0.29, 0.717) is 10.2 Å². The third-order valence-corrected chi connectivity index (χ3v) is 5.36. The standard InChI is InChI=1S/C12H23BrN2/c1-12(2)10-15(9-11(12)13)8-7-14-5-3-4-6-14/h11H,3-10H2,1-2H3. The Hall–Kier alpha value is 0.400. The highest BCUT2D eigenvalue weighted by Gasteiger charge is 2.37. The van der Waals surface area contributed by atoms with Crippen molar-refractivity contribution in [2.75, 3.05) is 39.3 Å². The molecule has 0 radical (unpaired) electrons. The summed E-state index contributed by atoms with van der Waals surface area (Å²) in [6.07, 6.45) is 2.82. The van der Waals surface area contributed by atoms with Crippen LogP contribution in [0.3, 0.4) is 0 Å². The summed E-state index contributed by atoms with van der Waals surface area (Å²) >= 11 is 3.80. The normalized spacial score (nSPS) is 32.6. The van der Waals surface area contributed by atoms with Crippen LogP contribution >= 0.6 is 15.9 Å². The van der Waals surface area contributed by atoms with Gasteiger partial charge in [0.25, 0.3) is 0 Å². The maximum absolute atomic E-state index is 3.80. The van der Waals surface area contributed by atoms with Crippen LogP contribution in [0.15, 0.2) is 0 Å². The molecule has 2 heterocycles. The van der Waals surface area contributed by atoms with E-state index in [0.717, 1.165) is 0 Å². The van der Waals surface area contributed by atoms with Gasteiger partial charge in [-0.2, -0.15) is 0 Å². The van der Waals surface area contributed by atoms with Crippen molar-refractivity contribution in [3.63, 3.8) is 0 Å². The van der Waals surface area contributed by atoms with Gasteiger partial charge in [-0.05, 0) is 31.3 Å². The monoisotopic (exact) mass is 274 g/mol. The van der Waals surface area contributed by atoms with Crippen LogP contribution in [0.5, 0.6) is 0 Å². The van der Waals surface area contributed by atoms with E-state index in [4.69, 9.17) is 0 Å². The molecule has 2 saturated heterocycles. The number of hydrogen-bond donors (Lipinski definition) is 0. The zero-order valence-corrected chi connectivity index (χ0v) is 11.6. The molecule has 0 aromatic rings. The molecule has 0 aromatic heterocycles. The zero-order chi connectivity index (χ0) is 10.9. The second kappa shape index (κ2) is 4.72. The van der Waals surface area contributed by atoms with Crippen LogP contribution in [-0.4, -0.2) is 53.9 Å². The summed E-state index contributed by atoms with van der Waals surface area (Å²) in [5.74, 6) is 0. The van der Waals surface area contributed by atoms with Gasteiger partial charge in [0.1, 0.15) is 0 Å². The third-order valence-electron chi connectivity index (χ3n) is 3.83. The van der Waals surface area contributed by atoms with Crippen molar-refractivity contribution >= 4 is 15.9 Å². The Kier molecular flexibility index (Phi) is 3.74. The number of hydrogen-bond acceptors (Lipinski definition) is 2. The van der Waals surface area contributed by atoms with Gasteiger partial charge in [-0.1, -0.05) is 29.8 Å². The van der Waals surface area contributed by atoms with Gasteiger partial charge >= 0.3 is 0 Å². The highest BCUT2D eigenvalue weighted by Crippen LogP contribution is 2.34. The first-order valence-corrected chi connectivity index (χ1v) is 7.08. The van der Waals surface area contributed by atoms with Crippen molar-refractivity contribution in [2.45, 2.75) is 31.5 Å². The van der Waals surface area contributed by atoms with Crippen molar-refractivity contribution < 1.29 is 0 Å². The van der Waals surface area contributed by atoms with Crippen LogP contribution in [0.2, 0.25) is 0 Å². The van der Waals surface area contributed by atoms with E-state index in [1.165, 1.54) is 52.1 Å².